The van der Waals surface area contributed by atoms with Gasteiger partial charge in [0.15, 0.2) is 0 Å². The number of nitrogens with zero attached hydrogens (tertiary/aromatic N) is 1. The van der Waals surface area contributed by atoms with Gasteiger partial charge in [-0.3, -0.25) is 4.79 Å². The summed E-state index contributed by atoms with van der Waals surface area (Å²) in [6.45, 7) is 0.456. The van der Waals surface area contributed by atoms with Crippen LogP contribution in [0.2, 0.25) is 0 Å². The number of carboxylic acids is 1. The molecule has 0 saturated carbocycles. The van der Waals surface area contributed by atoms with Gasteiger partial charge in [0.05, 0.1) is 12.6 Å². The minimum Gasteiger partial charge on any atom is -0.481 e. The zero-order valence-electron chi connectivity index (χ0n) is 6.68. The molecular weight excluding hydrogens is 156 g/mol. The molecule has 1 rings (SSSR count). The minimum atomic E-state index is -0.801. The van der Waals surface area contributed by atoms with Gasteiger partial charge in [-0.05, 0) is 12.2 Å². The van der Waals surface area contributed by atoms with Crippen LogP contribution in [0.3, 0.4) is 0 Å². The number of rotatable bonds is 3. The lowest BCUT2D eigenvalue weighted by molar-refractivity contribution is -0.137. The first kappa shape index (κ1) is 8.80. The number of hydrogen-bond donors (Lipinski definition) is 2. The summed E-state index contributed by atoms with van der Waals surface area (Å²) in [4.78, 5) is 12.0. The van der Waals surface area contributed by atoms with E-state index in [0.29, 0.717) is 6.54 Å². The highest BCUT2D eigenvalue weighted by atomic mass is 16.4. The molecule has 4 heteroatoms. The van der Waals surface area contributed by atoms with Crippen molar-refractivity contribution >= 4 is 5.97 Å². The molecule has 4 nitrogen and oxygen atoms in total. The van der Waals surface area contributed by atoms with Gasteiger partial charge in [-0.2, -0.15) is 0 Å². The first-order valence-electron chi connectivity index (χ1n) is 3.78. The number of nitrogens with two attached hydrogens (primary N) is 1. The van der Waals surface area contributed by atoms with Gasteiger partial charge in [0.1, 0.15) is 0 Å². The van der Waals surface area contributed by atoms with Crippen LogP contribution in [0.4, 0.5) is 0 Å². The predicted octanol–water partition coefficient (Wildman–Crippen LogP) is 0.131. The number of hydrogen-bond acceptors (Lipinski definition) is 3. The molecule has 3 N–H and O–H groups in total. The molecule has 0 bridgehead atoms. The average molecular weight is 168 g/mol. The van der Waals surface area contributed by atoms with E-state index >= 15 is 0 Å². The summed E-state index contributed by atoms with van der Waals surface area (Å²) >= 11 is 0. The molecule has 1 aliphatic heterocycles. The van der Waals surface area contributed by atoms with E-state index in [1.165, 1.54) is 0 Å². The van der Waals surface area contributed by atoms with Gasteiger partial charge in [-0.15, -0.1) is 0 Å². The maximum Gasteiger partial charge on any atom is 0.305 e. The SMILES string of the molecule is NC1C=CC=CN1CCC(=O)O. The average Bonchev–Trinajstić information content (AvgIpc) is 2.03. The fraction of sp³-hybridized carbons (Fsp3) is 0.375. The maximum atomic E-state index is 10.2. The molecule has 1 heterocycles. The lowest BCUT2D eigenvalue weighted by atomic mass is 10.3. The van der Waals surface area contributed by atoms with Crippen LogP contribution in [0, 0.1) is 0 Å². The van der Waals surface area contributed by atoms with E-state index in [1.807, 2.05) is 18.2 Å². The van der Waals surface area contributed by atoms with Crippen LogP contribution < -0.4 is 5.73 Å². The molecule has 0 spiro atoms. The number of carboxylic acid groups (broad SMARTS) is 1. The van der Waals surface area contributed by atoms with Crippen molar-refractivity contribution in [2.45, 2.75) is 12.6 Å². The molecule has 1 unspecified atom stereocenters. The minimum absolute atomic E-state index is 0.117. The van der Waals surface area contributed by atoms with Gasteiger partial charge in [-0.25, -0.2) is 0 Å². The summed E-state index contributed by atoms with van der Waals surface area (Å²) in [6, 6.07) is 0. The van der Waals surface area contributed by atoms with Gasteiger partial charge in [-0.1, -0.05) is 6.08 Å². The van der Waals surface area contributed by atoms with E-state index < -0.39 is 5.97 Å². The molecule has 66 valence electrons. The van der Waals surface area contributed by atoms with E-state index in [9.17, 15) is 4.79 Å². The second-order valence-electron chi connectivity index (χ2n) is 2.60. The van der Waals surface area contributed by atoms with Crippen LogP contribution in [0.15, 0.2) is 24.4 Å². The highest BCUT2D eigenvalue weighted by Crippen LogP contribution is 2.03. The van der Waals surface area contributed by atoms with Gasteiger partial charge >= 0.3 is 5.97 Å². The third-order valence-electron chi connectivity index (χ3n) is 1.66. The quantitative estimate of drug-likeness (QED) is 0.628. The molecule has 0 aromatic carbocycles. The number of allylic oxidation sites excluding steroid dienone is 2. The monoisotopic (exact) mass is 168 g/mol. The van der Waals surface area contributed by atoms with Crippen molar-refractivity contribution in [2.75, 3.05) is 6.54 Å². The molecule has 0 aromatic heterocycles. The number of carbonyl (C=O) groups is 1. The Kier molecular flexibility index (Phi) is 2.88. The summed E-state index contributed by atoms with van der Waals surface area (Å²) in [6.07, 6.45) is 7.24. The predicted molar refractivity (Wildman–Crippen MR) is 45.2 cm³/mol. The van der Waals surface area contributed by atoms with Crippen LogP contribution in [0.5, 0.6) is 0 Å². The summed E-state index contributed by atoms with van der Waals surface area (Å²) in [5, 5.41) is 8.42. The zero-order valence-corrected chi connectivity index (χ0v) is 6.68. The van der Waals surface area contributed by atoms with Crippen LogP contribution in [0.1, 0.15) is 6.42 Å². The molecule has 12 heavy (non-hydrogen) atoms. The van der Waals surface area contributed by atoms with E-state index in [2.05, 4.69) is 0 Å². The summed E-state index contributed by atoms with van der Waals surface area (Å²) in [5.74, 6) is -0.801. The summed E-state index contributed by atoms with van der Waals surface area (Å²) in [5.41, 5.74) is 5.66. The Morgan fingerprint density at radius 1 is 1.58 bits per heavy atom. The smallest absolute Gasteiger partial charge is 0.305 e. The van der Waals surface area contributed by atoms with E-state index in [1.54, 1.807) is 11.1 Å². The molecule has 0 saturated heterocycles. The maximum absolute atomic E-state index is 10.2. The van der Waals surface area contributed by atoms with E-state index in [4.69, 9.17) is 10.8 Å². The molecule has 0 amide bonds. The normalized spacial score (nSPS) is 21.4. The van der Waals surface area contributed by atoms with Crippen molar-refractivity contribution in [1.82, 2.24) is 4.90 Å². The van der Waals surface area contributed by atoms with Crippen LogP contribution in [-0.4, -0.2) is 28.7 Å². The Labute approximate surface area is 71.0 Å². The van der Waals surface area contributed by atoms with Gasteiger partial charge < -0.3 is 15.7 Å². The largest absolute Gasteiger partial charge is 0.481 e. The van der Waals surface area contributed by atoms with Crippen LogP contribution in [-0.2, 0) is 4.79 Å². The van der Waals surface area contributed by atoms with Crippen LogP contribution >= 0.6 is 0 Å². The van der Waals surface area contributed by atoms with Crippen LogP contribution in [0.25, 0.3) is 0 Å². The third kappa shape index (κ3) is 2.39. The topological polar surface area (TPSA) is 66.6 Å². The Bertz CT molecular complexity index is 223. The molecule has 0 aliphatic carbocycles. The second kappa shape index (κ2) is 3.92. The summed E-state index contributed by atoms with van der Waals surface area (Å²) in [7, 11) is 0. The van der Waals surface area contributed by atoms with Gasteiger partial charge in [0.25, 0.3) is 0 Å². The molecule has 1 aliphatic rings. The van der Waals surface area contributed by atoms with Crippen molar-refractivity contribution in [2.24, 2.45) is 5.73 Å². The lowest BCUT2D eigenvalue weighted by Gasteiger charge is -2.26. The zero-order chi connectivity index (χ0) is 8.97. The molecule has 0 fully saturated rings. The van der Waals surface area contributed by atoms with Crippen molar-refractivity contribution in [3.05, 3.63) is 24.4 Å². The lowest BCUT2D eigenvalue weighted by Crippen LogP contribution is -2.38. The highest BCUT2D eigenvalue weighted by Gasteiger charge is 2.09. The Balaban J connectivity index is 2.37. The fourth-order valence-corrected chi connectivity index (χ4v) is 0.997. The van der Waals surface area contributed by atoms with E-state index in [0.717, 1.165) is 0 Å². The second-order valence-corrected chi connectivity index (χ2v) is 2.60. The van der Waals surface area contributed by atoms with Gasteiger partial charge in [0, 0.05) is 12.7 Å². The standard InChI is InChI=1S/C8H12N2O2/c9-7-3-1-2-5-10(7)6-4-8(11)12/h1-3,5,7H,4,6,9H2,(H,11,12). The van der Waals surface area contributed by atoms with Crippen molar-refractivity contribution in [3.63, 3.8) is 0 Å². The van der Waals surface area contributed by atoms with Crippen molar-refractivity contribution < 1.29 is 9.90 Å². The molecule has 0 aromatic rings. The van der Waals surface area contributed by atoms with Crippen molar-refractivity contribution in [1.29, 1.82) is 0 Å². The Hall–Kier alpha value is -1.29. The molecule has 1 atom stereocenters. The van der Waals surface area contributed by atoms with Crippen molar-refractivity contribution in [3.8, 4) is 0 Å². The third-order valence-corrected chi connectivity index (χ3v) is 1.66. The van der Waals surface area contributed by atoms with E-state index in [-0.39, 0.29) is 12.6 Å². The van der Waals surface area contributed by atoms with Gasteiger partial charge in [0.2, 0.25) is 0 Å². The highest BCUT2D eigenvalue weighted by molar-refractivity contribution is 5.66. The first-order chi connectivity index (χ1) is 5.70. The summed E-state index contributed by atoms with van der Waals surface area (Å²) < 4.78 is 0. The Morgan fingerprint density at radius 3 is 2.92 bits per heavy atom. The molecule has 0 radical (unpaired) electrons. The fourth-order valence-electron chi connectivity index (χ4n) is 0.997. The number of aliphatic carboxylic acids is 1. The first-order valence-corrected chi connectivity index (χ1v) is 3.78. The Morgan fingerprint density at radius 2 is 2.33 bits per heavy atom. The molecular formula is C8H12N2O2.